The summed E-state index contributed by atoms with van der Waals surface area (Å²) in [4.78, 5) is 23.4. The van der Waals surface area contributed by atoms with Crippen LogP contribution in [0, 0.1) is 11.3 Å². The fourth-order valence-corrected chi connectivity index (χ4v) is 2.11. The molecule has 26 heavy (non-hydrogen) atoms. The van der Waals surface area contributed by atoms with Crippen molar-refractivity contribution in [3.8, 4) is 11.8 Å². The quantitative estimate of drug-likeness (QED) is 0.759. The Labute approximate surface area is 151 Å². The molecule has 0 heterocycles. The van der Waals surface area contributed by atoms with E-state index in [0.717, 1.165) is 5.56 Å². The Balaban J connectivity index is 1.80. The summed E-state index contributed by atoms with van der Waals surface area (Å²) in [5.74, 6) is -0.00112. The zero-order valence-electron chi connectivity index (χ0n) is 14.3. The third-order valence-electron chi connectivity index (χ3n) is 3.30. The van der Waals surface area contributed by atoms with Gasteiger partial charge >= 0.3 is 0 Å². The van der Waals surface area contributed by atoms with E-state index in [1.54, 1.807) is 48.5 Å². The Morgan fingerprint density at radius 1 is 0.923 bits per heavy atom. The molecule has 2 aromatic carbocycles. The van der Waals surface area contributed by atoms with E-state index in [1.807, 2.05) is 0 Å². The highest BCUT2D eigenvalue weighted by atomic mass is 16.5. The van der Waals surface area contributed by atoms with Crippen molar-refractivity contribution >= 4 is 23.2 Å². The summed E-state index contributed by atoms with van der Waals surface area (Å²) in [6.07, 6.45) is 0.336. The van der Waals surface area contributed by atoms with E-state index >= 15 is 0 Å². The first kappa shape index (κ1) is 19.0. The monoisotopic (exact) mass is 353 g/mol. The van der Waals surface area contributed by atoms with Gasteiger partial charge in [-0.15, -0.1) is 0 Å². The number of methoxy groups -OCH3 is 1. The van der Waals surface area contributed by atoms with E-state index in [2.05, 4.69) is 16.7 Å². The summed E-state index contributed by atoms with van der Waals surface area (Å²) in [7, 11) is 1.45. The molecule has 0 bridgehead atoms. The smallest absolute Gasteiger partial charge is 0.262 e. The van der Waals surface area contributed by atoms with Crippen LogP contribution in [0.25, 0.3) is 0 Å². The number of anilines is 2. The lowest BCUT2D eigenvalue weighted by atomic mass is 10.2. The first-order valence-electron chi connectivity index (χ1n) is 7.88. The standard InChI is InChI=1S/C19H19N3O4/c1-25-12-18(23)21-15-4-6-16(7-5-15)22-19(24)13-26-17-8-2-14(3-9-17)10-11-20/h2-9H,10,12-13H2,1H3,(H,21,23)(H,22,24). The molecule has 2 rings (SSSR count). The van der Waals surface area contributed by atoms with Gasteiger partial charge in [0.15, 0.2) is 6.61 Å². The van der Waals surface area contributed by atoms with Gasteiger partial charge < -0.3 is 20.1 Å². The van der Waals surface area contributed by atoms with E-state index in [9.17, 15) is 9.59 Å². The van der Waals surface area contributed by atoms with Gasteiger partial charge in [0.25, 0.3) is 5.91 Å². The number of carbonyl (C=O) groups is 2. The third-order valence-corrected chi connectivity index (χ3v) is 3.30. The zero-order chi connectivity index (χ0) is 18.8. The second-order valence-electron chi connectivity index (χ2n) is 5.37. The van der Waals surface area contributed by atoms with Crippen LogP contribution in [0.5, 0.6) is 5.75 Å². The van der Waals surface area contributed by atoms with Crippen LogP contribution < -0.4 is 15.4 Å². The summed E-state index contributed by atoms with van der Waals surface area (Å²) in [5, 5.41) is 14.0. The number of nitriles is 1. The van der Waals surface area contributed by atoms with Gasteiger partial charge in [0.2, 0.25) is 5.91 Å². The van der Waals surface area contributed by atoms with Crippen LogP contribution >= 0.6 is 0 Å². The van der Waals surface area contributed by atoms with E-state index < -0.39 is 0 Å². The topological polar surface area (TPSA) is 100 Å². The maximum Gasteiger partial charge on any atom is 0.262 e. The fourth-order valence-electron chi connectivity index (χ4n) is 2.11. The molecule has 0 aliphatic heterocycles. The Hall–Kier alpha value is -3.37. The SMILES string of the molecule is COCC(=O)Nc1ccc(NC(=O)COc2ccc(CC#N)cc2)cc1. The molecule has 2 aromatic rings. The molecule has 0 unspecified atom stereocenters. The molecule has 0 aliphatic carbocycles. The number of carbonyl (C=O) groups excluding carboxylic acids is 2. The fraction of sp³-hybridized carbons (Fsp3) is 0.211. The average Bonchev–Trinajstić information content (AvgIpc) is 2.63. The molecule has 7 heteroatoms. The number of amides is 2. The summed E-state index contributed by atoms with van der Waals surface area (Å²) < 4.78 is 10.1. The Morgan fingerprint density at radius 3 is 1.96 bits per heavy atom. The minimum absolute atomic E-state index is 0.0205. The highest BCUT2D eigenvalue weighted by Crippen LogP contribution is 2.15. The van der Waals surface area contributed by atoms with Crippen LogP contribution in [-0.2, 0) is 20.7 Å². The molecule has 0 saturated carbocycles. The van der Waals surface area contributed by atoms with Crippen molar-refractivity contribution in [2.24, 2.45) is 0 Å². The number of nitrogens with one attached hydrogen (secondary N) is 2. The molecule has 7 nitrogen and oxygen atoms in total. The van der Waals surface area contributed by atoms with Gasteiger partial charge in [0, 0.05) is 18.5 Å². The first-order valence-corrected chi connectivity index (χ1v) is 7.88. The summed E-state index contributed by atoms with van der Waals surface area (Å²) in [5.41, 5.74) is 2.09. The summed E-state index contributed by atoms with van der Waals surface area (Å²) >= 11 is 0. The van der Waals surface area contributed by atoms with Gasteiger partial charge in [-0.2, -0.15) is 5.26 Å². The molecular formula is C19H19N3O4. The van der Waals surface area contributed by atoms with Crippen LogP contribution in [0.2, 0.25) is 0 Å². The number of hydrogen-bond acceptors (Lipinski definition) is 5. The van der Waals surface area contributed by atoms with Crippen molar-refractivity contribution < 1.29 is 19.1 Å². The lowest BCUT2D eigenvalue weighted by molar-refractivity contribution is -0.120. The van der Waals surface area contributed by atoms with Crippen LogP contribution in [0.15, 0.2) is 48.5 Å². The maximum atomic E-state index is 11.9. The highest BCUT2D eigenvalue weighted by molar-refractivity contribution is 5.93. The second kappa shape index (κ2) is 9.81. The van der Waals surface area contributed by atoms with Gasteiger partial charge in [0.1, 0.15) is 12.4 Å². The van der Waals surface area contributed by atoms with Crippen LogP contribution in [0.1, 0.15) is 5.56 Å². The van der Waals surface area contributed by atoms with Crippen molar-refractivity contribution in [2.45, 2.75) is 6.42 Å². The van der Waals surface area contributed by atoms with Crippen molar-refractivity contribution in [3.05, 3.63) is 54.1 Å². The van der Waals surface area contributed by atoms with Crippen molar-refractivity contribution in [3.63, 3.8) is 0 Å². The van der Waals surface area contributed by atoms with Crippen LogP contribution in [0.3, 0.4) is 0 Å². The Morgan fingerprint density at radius 2 is 1.46 bits per heavy atom. The van der Waals surface area contributed by atoms with E-state index in [4.69, 9.17) is 14.7 Å². The predicted molar refractivity (Wildman–Crippen MR) is 96.8 cm³/mol. The van der Waals surface area contributed by atoms with Gasteiger partial charge in [-0.3, -0.25) is 9.59 Å². The van der Waals surface area contributed by atoms with Crippen LogP contribution in [0.4, 0.5) is 11.4 Å². The second-order valence-corrected chi connectivity index (χ2v) is 5.37. The third kappa shape index (κ3) is 6.26. The molecule has 0 atom stereocenters. The lowest BCUT2D eigenvalue weighted by Crippen LogP contribution is -2.20. The van der Waals surface area contributed by atoms with E-state index in [0.29, 0.717) is 23.5 Å². The number of hydrogen-bond donors (Lipinski definition) is 2. The summed E-state index contributed by atoms with van der Waals surface area (Å²) in [6, 6.07) is 15.8. The molecule has 0 spiro atoms. The Kier molecular flexibility index (Phi) is 7.16. The number of nitrogens with zero attached hydrogens (tertiary/aromatic N) is 1. The molecule has 0 aliphatic rings. The van der Waals surface area contributed by atoms with Gasteiger partial charge in [-0.1, -0.05) is 12.1 Å². The largest absolute Gasteiger partial charge is 0.484 e. The van der Waals surface area contributed by atoms with Crippen molar-refractivity contribution in [1.82, 2.24) is 0 Å². The normalized spacial score (nSPS) is 9.85. The minimum Gasteiger partial charge on any atom is -0.484 e. The Bertz CT molecular complexity index is 780. The number of rotatable bonds is 8. The molecule has 2 N–H and O–H groups in total. The molecule has 0 fully saturated rings. The zero-order valence-corrected chi connectivity index (χ0v) is 14.3. The molecular weight excluding hydrogens is 334 g/mol. The van der Waals surface area contributed by atoms with Gasteiger partial charge in [-0.25, -0.2) is 0 Å². The van der Waals surface area contributed by atoms with E-state index in [1.165, 1.54) is 7.11 Å². The average molecular weight is 353 g/mol. The van der Waals surface area contributed by atoms with Crippen molar-refractivity contribution in [1.29, 1.82) is 5.26 Å². The van der Waals surface area contributed by atoms with E-state index in [-0.39, 0.29) is 25.0 Å². The highest BCUT2D eigenvalue weighted by Gasteiger charge is 2.05. The lowest BCUT2D eigenvalue weighted by Gasteiger charge is -2.09. The number of benzene rings is 2. The predicted octanol–water partition coefficient (Wildman–Crippen LogP) is 2.36. The number of ether oxygens (including phenoxy) is 2. The van der Waals surface area contributed by atoms with Gasteiger partial charge in [0.05, 0.1) is 12.5 Å². The maximum absolute atomic E-state index is 11.9. The molecule has 0 aromatic heterocycles. The molecule has 2 amide bonds. The minimum atomic E-state index is -0.303. The molecule has 0 radical (unpaired) electrons. The summed E-state index contributed by atoms with van der Waals surface area (Å²) in [6.45, 7) is -0.156. The molecule has 134 valence electrons. The van der Waals surface area contributed by atoms with Gasteiger partial charge in [-0.05, 0) is 42.0 Å². The van der Waals surface area contributed by atoms with Crippen molar-refractivity contribution in [2.75, 3.05) is 31.0 Å². The van der Waals surface area contributed by atoms with Crippen LogP contribution in [-0.4, -0.2) is 32.1 Å². The first-order chi connectivity index (χ1) is 12.6. The molecule has 0 saturated heterocycles.